The number of nitrogens with two attached hydrogens (primary N) is 2. The van der Waals surface area contributed by atoms with Gasteiger partial charge in [-0.25, -0.2) is 0 Å². The molecule has 0 aromatic heterocycles. The number of hydrogen-bond acceptors (Lipinski definition) is 3. The van der Waals surface area contributed by atoms with E-state index >= 15 is 0 Å². The molecule has 0 radical (unpaired) electrons. The second kappa shape index (κ2) is 5.32. The van der Waals surface area contributed by atoms with E-state index in [1.165, 1.54) is 25.7 Å². The molecule has 14 heavy (non-hydrogen) atoms. The van der Waals surface area contributed by atoms with Crippen LogP contribution in [0.5, 0.6) is 0 Å². The smallest absolute Gasteiger partial charge is 0.235 e. The maximum Gasteiger partial charge on any atom is 0.235 e. The zero-order valence-electron chi connectivity index (χ0n) is 8.91. The number of hydrogen-bond donors (Lipinski definition) is 2. The molecule has 4 N–H and O–H groups in total. The van der Waals surface area contributed by atoms with Crippen molar-refractivity contribution in [3.63, 3.8) is 0 Å². The number of primary amides is 1. The van der Waals surface area contributed by atoms with Gasteiger partial charge >= 0.3 is 0 Å². The van der Waals surface area contributed by atoms with Crippen LogP contribution in [0.3, 0.4) is 0 Å². The van der Waals surface area contributed by atoms with Gasteiger partial charge < -0.3 is 16.4 Å². The quantitative estimate of drug-likeness (QED) is 0.650. The Morgan fingerprint density at radius 2 is 2.07 bits per heavy atom. The minimum atomic E-state index is -0.526. The molecular formula is C10H21N3O. The average molecular weight is 199 g/mol. The largest absolute Gasteiger partial charge is 0.368 e. The van der Waals surface area contributed by atoms with Crippen LogP contribution in [-0.2, 0) is 4.79 Å². The molecule has 1 aliphatic carbocycles. The van der Waals surface area contributed by atoms with E-state index in [9.17, 15) is 4.79 Å². The minimum absolute atomic E-state index is 0.414. The molecule has 1 aliphatic rings. The van der Waals surface area contributed by atoms with Crippen LogP contribution < -0.4 is 11.5 Å². The van der Waals surface area contributed by atoms with E-state index in [2.05, 4.69) is 4.90 Å². The van der Waals surface area contributed by atoms with Crippen molar-refractivity contribution in [2.45, 2.75) is 31.7 Å². The van der Waals surface area contributed by atoms with Crippen molar-refractivity contribution in [1.82, 2.24) is 4.90 Å². The van der Waals surface area contributed by atoms with E-state index in [4.69, 9.17) is 11.5 Å². The molecule has 0 saturated heterocycles. The van der Waals surface area contributed by atoms with Crippen LogP contribution in [0.2, 0.25) is 0 Å². The molecule has 4 heteroatoms. The van der Waals surface area contributed by atoms with Crippen molar-refractivity contribution in [1.29, 1.82) is 0 Å². The number of nitrogens with zero attached hydrogens (tertiary/aromatic N) is 1. The highest BCUT2D eigenvalue weighted by molar-refractivity contribution is 5.79. The van der Waals surface area contributed by atoms with Crippen LogP contribution in [0.1, 0.15) is 25.7 Å². The fraction of sp³-hybridized carbons (Fsp3) is 0.900. The summed E-state index contributed by atoms with van der Waals surface area (Å²) in [5.74, 6) is 0.378. The van der Waals surface area contributed by atoms with Crippen LogP contribution >= 0.6 is 0 Å². The van der Waals surface area contributed by atoms with Crippen LogP contribution in [0.25, 0.3) is 0 Å². The van der Waals surface area contributed by atoms with Gasteiger partial charge in [-0.15, -0.1) is 0 Å². The standard InChI is InChI=1S/C10H21N3O/c1-13(7-9(11)10(12)14)6-8-4-2-3-5-8/h8-9H,2-7,11H2,1H3,(H2,12,14). The molecule has 0 bridgehead atoms. The first-order chi connectivity index (χ1) is 6.59. The summed E-state index contributed by atoms with van der Waals surface area (Å²) in [5.41, 5.74) is 10.7. The minimum Gasteiger partial charge on any atom is -0.368 e. The van der Waals surface area contributed by atoms with Crippen molar-refractivity contribution >= 4 is 5.91 Å². The molecule has 0 spiro atoms. The van der Waals surface area contributed by atoms with Crippen molar-refractivity contribution in [3.05, 3.63) is 0 Å². The van der Waals surface area contributed by atoms with Gasteiger partial charge in [-0.1, -0.05) is 12.8 Å². The monoisotopic (exact) mass is 199 g/mol. The molecule has 4 nitrogen and oxygen atoms in total. The predicted molar refractivity (Wildman–Crippen MR) is 56.6 cm³/mol. The third kappa shape index (κ3) is 3.64. The van der Waals surface area contributed by atoms with Crippen molar-refractivity contribution < 1.29 is 4.79 Å². The highest BCUT2D eigenvalue weighted by atomic mass is 16.1. The molecule has 1 saturated carbocycles. The molecule has 1 fully saturated rings. The van der Waals surface area contributed by atoms with Crippen molar-refractivity contribution in [2.75, 3.05) is 20.1 Å². The zero-order chi connectivity index (χ0) is 10.6. The van der Waals surface area contributed by atoms with E-state index in [1.807, 2.05) is 7.05 Å². The van der Waals surface area contributed by atoms with E-state index in [0.717, 1.165) is 12.5 Å². The van der Waals surface area contributed by atoms with E-state index < -0.39 is 11.9 Å². The number of carbonyl (C=O) groups is 1. The Hall–Kier alpha value is -0.610. The van der Waals surface area contributed by atoms with Gasteiger partial charge in [0.2, 0.25) is 5.91 Å². The van der Waals surface area contributed by atoms with Gasteiger partial charge in [0.25, 0.3) is 0 Å². The zero-order valence-corrected chi connectivity index (χ0v) is 8.91. The fourth-order valence-corrected chi connectivity index (χ4v) is 2.13. The van der Waals surface area contributed by atoms with Crippen LogP contribution in [0.4, 0.5) is 0 Å². The van der Waals surface area contributed by atoms with Gasteiger partial charge in [-0.2, -0.15) is 0 Å². The third-order valence-corrected chi connectivity index (χ3v) is 2.92. The lowest BCUT2D eigenvalue weighted by Gasteiger charge is -2.22. The second-order valence-electron chi connectivity index (χ2n) is 4.38. The number of amides is 1. The van der Waals surface area contributed by atoms with Crippen LogP contribution in [-0.4, -0.2) is 37.0 Å². The van der Waals surface area contributed by atoms with Gasteiger partial charge in [0.05, 0.1) is 6.04 Å². The lowest BCUT2D eigenvalue weighted by atomic mass is 10.1. The number of likely N-dealkylation sites (N-methyl/N-ethyl adjacent to an activating group) is 1. The molecule has 1 rings (SSSR count). The second-order valence-corrected chi connectivity index (χ2v) is 4.38. The van der Waals surface area contributed by atoms with Gasteiger partial charge in [0.1, 0.15) is 0 Å². The lowest BCUT2D eigenvalue weighted by Crippen LogP contribution is -2.45. The van der Waals surface area contributed by atoms with Crippen LogP contribution in [0.15, 0.2) is 0 Å². The summed E-state index contributed by atoms with van der Waals surface area (Å²) in [4.78, 5) is 12.9. The summed E-state index contributed by atoms with van der Waals surface area (Å²) < 4.78 is 0. The summed E-state index contributed by atoms with van der Waals surface area (Å²) in [6.07, 6.45) is 5.33. The highest BCUT2D eigenvalue weighted by Gasteiger charge is 2.19. The molecular weight excluding hydrogens is 178 g/mol. The molecule has 0 heterocycles. The highest BCUT2D eigenvalue weighted by Crippen LogP contribution is 2.24. The Labute approximate surface area is 85.6 Å². The Morgan fingerprint density at radius 1 is 1.50 bits per heavy atom. The molecule has 1 unspecified atom stereocenters. The van der Waals surface area contributed by atoms with Gasteiger partial charge in [0, 0.05) is 13.1 Å². The predicted octanol–water partition coefficient (Wildman–Crippen LogP) is -0.0790. The first-order valence-electron chi connectivity index (χ1n) is 5.33. The molecule has 1 amide bonds. The van der Waals surface area contributed by atoms with Crippen molar-refractivity contribution in [2.24, 2.45) is 17.4 Å². The summed E-state index contributed by atoms with van der Waals surface area (Å²) in [5, 5.41) is 0. The summed E-state index contributed by atoms with van der Waals surface area (Å²) >= 11 is 0. The molecule has 0 aliphatic heterocycles. The van der Waals surface area contributed by atoms with E-state index in [1.54, 1.807) is 0 Å². The topological polar surface area (TPSA) is 72.3 Å². The lowest BCUT2D eigenvalue weighted by molar-refractivity contribution is -0.119. The van der Waals surface area contributed by atoms with Crippen LogP contribution in [0, 0.1) is 5.92 Å². The van der Waals surface area contributed by atoms with E-state index in [-0.39, 0.29) is 0 Å². The van der Waals surface area contributed by atoms with Crippen molar-refractivity contribution in [3.8, 4) is 0 Å². The SMILES string of the molecule is CN(CC1CCCC1)CC(N)C(N)=O. The van der Waals surface area contributed by atoms with Gasteiger partial charge in [-0.3, -0.25) is 4.79 Å². The Morgan fingerprint density at radius 3 is 2.57 bits per heavy atom. The van der Waals surface area contributed by atoms with Gasteiger partial charge in [0.15, 0.2) is 0 Å². The van der Waals surface area contributed by atoms with Gasteiger partial charge in [-0.05, 0) is 25.8 Å². The third-order valence-electron chi connectivity index (χ3n) is 2.92. The Balaban J connectivity index is 2.20. The first kappa shape index (κ1) is 11.5. The summed E-state index contributed by atoms with van der Waals surface area (Å²) in [7, 11) is 2.00. The first-order valence-corrected chi connectivity index (χ1v) is 5.33. The number of rotatable bonds is 5. The van der Waals surface area contributed by atoms with E-state index in [0.29, 0.717) is 6.54 Å². The maximum atomic E-state index is 10.7. The normalized spacial score (nSPS) is 20.2. The summed E-state index contributed by atoms with van der Waals surface area (Å²) in [6, 6.07) is -0.526. The molecule has 1 atom stereocenters. The Bertz CT molecular complexity index is 190. The molecule has 0 aromatic carbocycles. The fourth-order valence-electron chi connectivity index (χ4n) is 2.13. The average Bonchev–Trinajstić information content (AvgIpc) is 2.56. The molecule has 0 aromatic rings. The Kier molecular flexibility index (Phi) is 4.35. The maximum absolute atomic E-state index is 10.7. The number of carbonyl (C=O) groups excluding carboxylic acids is 1. The summed E-state index contributed by atoms with van der Waals surface area (Å²) in [6.45, 7) is 1.62. The molecule has 82 valence electrons.